The fraction of sp³-hybridized carbons (Fsp3) is 0.240. The van der Waals surface area contributed by atoms with Gasteiger partial charge in [-0.25, -0.2) is 4.79 Å². The summed E-state index contributed by atoms with van der Waals surface area (Å²) in [6, 6.07) is 30.7. The van der Waals surface area contributed by atoms with Gasteiger partial charge < -0.3 is 10.1 Å². The molecule has 4 nitrogen and oxygen atoms in total. The average molecular weight is 386 g/mol. The Morgan fingerprint density at radius 3 is 1.86 bits per heavy atom. The molecule has 0 aliphatic heterocycles. The van der Waals surface area contributed by atoms with Gasteiger partial charge in [-0.3, -0.25) is 5.32 Å². The molecule has 0 atom stereocenters. The Hall–Kier alpha value is -3.11. The fourth-order valence-electron chi connectivity index (χ4n) is 3.49. The zero-order valence-electron chi connectivity index (χ0n) is 16.4. The minimum absolute atomic E-state index is 0.0852. The lowest BCUT2D eigenvalue weighted by Crippen LogP contribution is -2.45. The SMILES string of the molecule is O=C(NCC1(NC(c2ccccc2)c2ccccc2)CC1)OCc1ccccc1. The Bertz CT molecular complexity index is 870. The van der Waals surface area contributed by atoms with Crippen LogP contribution in [0.4, 0.5) is 4.79 Å². The highest BCUT2D eigenvalue weighted by Gasteiger charge is 2.44. The minimum atomic E-state index is -0.377. The van der Waals surface area contributed by atoms with Crippen LogP contribution >= 0.6 is 0 Å². The summed E-state index contributed by atoms with van der Waals surface area (Å²) in [4.78, 5) is 12.2. The number of rotatable bonds is 8. The van der Waals surface area contributed by atoms with Crippen LogP contribution in [0.3, 0.4) is 0 Å². The molecule has 1 aliphatic rings. The predicted molar refractivity (Wildman–Crippen MR) is 114 cm³/mol. The third-order valence-electron chi connectivity index (χ3n) is 5.35. The first kappa shape index (κ1) is 19.2. The zero-order valence-corrected chi connectivity index (χ0v) is 16.4. The lowest BCUT2D eigenvalue weighted by molar-refractivity contribution is 0.138. The van der Waals surface area contributed by atoms with Crippen LogP contribution in [0, 0.1) is 0 Å². The predicted octanol–water partition coefficient (Wildman–Crippen LogP) is 4.82. The number of hydrogen-bond donors (Lipinski definition) is 2. The topological polar surface area (TPSA) is 50.4 Å². The van der Waals surface area contributed by atoms with E-state index in [-0.39, 0.29) is 24.3 Å². The van der Waals surface area contributed by atoms with Gasteiger partial charge in [-0.2, -0.15) is 0 Å². The van der Waals surface area contributed by atoms with E-state index in [1.54, 1.807) is 0 Å². The van der Waals surface area contributed by atoms with Gasteiger partial charge in [0.2, 0.25) is 0 Å². The number of carbonyl (C=O) groups excluding carboxylic acids is 1. The molecule has 0 spiro atoms. The van der Waals surface area contributed by atoms with E-state index < -0.39 is 0 Å². The van der Waals surface area contributed by atoms with E-state index in [0.717, 1.165) is 18.4 Å². The monoisotopic (exact) mass is 386 g/mol. The fourth-order valence-corrected chi connectivity index (χ4v) is 3.49. The molecule has 3 aromatic carbocycles. The van der Waals surface area contributed by atoms with Crippen LogP contribution in [0.15, 0.2) is 91.0 Å². The Morgan fingerprint density at radius 1 is 0.828 bits per heavy atom. The van der Waals surface area contributed by atoms with Gasteiger partial charge in [0.25, 0.3) is 0 Å². The first-order chi connectivity index (χ1) is 14.2. The van der Waals surface area contributed by atoms with Crippen molar-refractivity contribution >= 4 is 6.09 Å². The Labute approximate surface area is 171 Å². The van der Waals surface area contributed by atoms with Crippen LogP contribution in [-0.4, -0.2) is 18.2 Å². The normalized spacial score (nSPS) is 14.4. The van der Waals surface area contributed by atoms with Gasteiger partial charge in [0, 0.05) is 12.1 Å². The van der Waals surface area contributed by atoms with Crippen molar-refractivity contribution in [1.29, 1.82) is 0 Å². The summed E-state index contributed by atoms with van der Waals surface area (Å²) >= 11 is 0. The maximum Gasteiger partial charge on any atom is 0.407 e. The van der Waals surface area contributed by atoms with Crippen molar-refractivity contribution < 1.29 is 9.53 Å². The van der Waals surface area contributed by atoms with Gasteiger partial charge in [-0.05, 0) is 29.5 Å². The van der Waals surface area contributed by atoms with E-state index in [1.807, 2.05) is 42.5 Å². The van der Waals surface area contributed by atoms with E-state index >= 15 is 0 Å². The largest absolute Gasteiger partial charge is 0.445 e. The molecule has 3 aromatic rings. The first-order valence-electron chi connectivity index (χ1n) is 10.1. The maximum atomic E-state index is 12.2. The van der Waals surface area contributed by atoms with Crippen LogP contribution in [0.25, 0.3) is 0 Å². The molecular weight excluding hydrogens is 360 g/mol. The summed E-state index contributed by atoms with van der Waals surface area (Å²) in [6.07, 6.45) is 1.68. The highest BCUT2D eigenvalue weighted by Crippen LogP contribution is 2.38. The molecule has 4 rings (SSSR count). The van der Waals surface area contributed by atoms with Crippen molar-refractivity contribution in [1.82, 2.24) is 10.6 Å². The number of ether oxygens (including phenoxy) is 1. The lowest BCUT2D eigenvalue weighted by atomic mass is 9.97. The van der Waals surface area contributed by atoms with Crippen LogP contribution < -0.4 is 10.6 Å². The molecule has 0 heterocycles. The second kappa shape index (κ2) is 8.93. The molecule has 0 aromatic heterocycles. The van der Waals surface area contributed by atoms with Gasteiger partial charge >= 0.3 is 6.09 Å². The second-order valence-electron chi connectivity index (χ2n) is 7.59. The molecule has 29 heavy (non-hydrogen) atoms. The molecule has 0 unspecified atom stereocenters. The number of benzene rings is 3. The molecular formula is C25H26N2O2. The number of alkyl carbamates (subject to hydrolysis) is 1. The van der Waals surface area contributed by atoms with E-state index in [4.69, 9.17) is 4.74 Å². The Kier molecular flexibility index (Phi) is 5.92. The Morgan fingerprint density at radius 2 is 1.34 bits per heavy atom. The molecule has 1 fully saturated rings. The zero-order chi connectivity index (χ0) is 19.9. The Balaban J connectivity index is 1.37. The van der Waals surface area contributed by atoms with Crippen molar-refractivity contribution in [2.75, 3.05) is 6.54 Å². The maximum absolute atomic E-state index is 12.2. The van der Waals surface area contributed by atoms with Gasteiger partial charge in [0.1, 0.15) is 6.61 Å². The molecule has 0 saturated heterocycles. The van der Waals surface area contributed by atoms with E-state index in [2.05, 4.69) is 59.2 Å². The molecule has 1 aliphatic carbocycles. The summed E-state index contributed by atoms with van der Waals surface area (Å²) in [5.41, 5.74) is 3.32. The lowest BCUT2D eigenvalue weighted by Gasteiger charge is -2.27. The number of hydrogen-bond acceptors (Lipinski definition) is 3. The van der Waals surface area contributed by atoms with Crippen molar-refractivity contribution in [3.63, 3.8) is 0 Å². The third-order valence-corrected chi connectivity index (χ3v) is 5.35. The molecule has 1 saturated carbocycles. The number of carbonyl (C=O) groups is 1. The third kappa shape index (κ3) is 5.24. The van der Waals surface area contributed by atoms with Crippen LogP contribution in [0.2, 0.25) is 0 Å². The second-order valence-corrected chi connectivity index (χ2v) is 7.59. The molecule has 0 radical (unpaired) electrons. The average Bonchev–Trinajstić information content (AvgIpc) is 3.56. The minimum Gasteiger partial charge on any atom is -0.445 e. The molecule has 148 valence electrons. The van der Waals surface area contributed by atoms with Gasteiger partial charge in [0.15, 0.2) is 0 Å². The number of amides is 1. The quantitative estimate of drug-likeness (QED) is 0.583. The van der Waals surface area contributed by atoms with E-state index in [1.165, 1.54) is 11.1 Å². The molecule has 4 heteroatoms. The van der Waals surface area contributed by atoms with Crippen LogP contribution in [-0.2, 0) is 11.3 Å². The van der Waals surface area contributed by atoms with Gasteiger partial charge in [-0.15, -0.1) is 0 Å². The van der Waals surface area contributed by atoms with Crippen molar-refractivity contribution in [2.24, 2.45) is 0 Å². The van der Waals surface area contributed by atoms with E-state index in [0.29, 0.717) is 6.54 Å². The molecule has 2 N–H and O–H groups in total. The molecule has 0 bridgehead atoms. The standard InChI is InChI=1S/C25H26N2O2/c28-24(29-18-20-10-4-1-5-11-20)26-19-25(16-17-25)27-23(21-12-6-2-7-13-21)22-14-8-3-9-15-22/h1-15,23,27H,16-19H2,(H,26,28). The highest BCUT2D eigenvalue weighted by molar-refractivity contribution is 5.67. The first-order valence-corrected chi connectivity index (χ1v) is 10.1. The smallest absolute Gasteiger partial charge is 0.407 e. The van der Waals surface area contributed by atoms with Crippen molar-refractivity contribution in [3.05, 3.63) is 108 Å². The summed E-state index contributed by atoms with van der Waals surface area (Å²) < 4.78 is 5.35. The van der Waals surface area contributed by atoms with Gasteiger partial charge in [0.05, 0.1) is 6.04 Å². The summed E-state index contributed by atoms with van der Waals surface area (Å²) in [7, 11) is 0. The molecule has 1 amide bonds. The van der Waals surface area contributed by atoms with Crippen molar-refractivity contribution in [3.8, 4) is 0 Å². The van der Waals surface area contributed by atoms with Gasteiger partial charge in [-0.1, -0.05) is 91.0 Å². The van der Waals surface area contributed by atoms with E-state index in [9.17, 15) is 4.79 Å². The van der Waals surface area contributed by atoms with Crippen LogP contribution in [0.1, 0.15) is 35.6 Å². The van der Waals surface area contributed by atoms with Crippen LogP contribution in [0.5, 0.6) is 0 Å². The summed E-state index contributed by atoms with van der Waals surface area (Å²) in [6.45, 7) is 0.834. The summed E-state index contributed by atoms with van der Waals surface area (Å²) in [5.74, 6) is 0. The highest BCUT2D eigenvalue weighted by atomic mass is 16.5. The number of nitrogens with one attached hydrogen (secondary N) is 2. The van der Waals surface area contributed by atoms with Crippen molar-refractivity contribution in [2.45, 2.75) is 31.0 Å². The summed E-state index contributed by atoms with van der Waals surface area (Å²) in [5, 5.41) is 6.74.